The van der Waals surface area contributed by atoms with E-state index < -0.39 is 0 Å². The minimum absolute atomic E-state index is 0.0484. The van der Waals surface area contributed by atoms with Gasteiger partial charge >= 0.3 is 0 Å². The third-order valence-electron chi connectivity index (χ3n) is 3.71. The van der Waals surface area contributed by atoms with Crippen molar-refractivity contribution in [3.8, 4) is 0 Å². The fourth-order valence-electron chi connectivity index (χ4n) is 2.71. The Balaban J connectivity index is 2.28. The van der Waals surface area contributed by atoms with Crippen molar-refractivity contribution in [2.24, 2.45) is 5.73 Å². The third-order valence-corrected chi connectivity index (χ3v) is 3.71. The van der Waals surface area contributed by atoms with Crippen LogP contribution < -0.4 is 5.73 Å². The van der Waals surface area contributed by atoms with E-state index in [0.29, 0.717) is 0 Å². The van der Waals surface area contributed by atoms with Crippen molar-refractivity contribution >= 4 is 0 Å². The van der Waals surface area contributed by atoms with Crippen molar-refractivity contribution in [2.45, 2.75) is 45.6 Å². The van der Waals surface area contributed by atoms with E-state index in [1.54, 1.807) is 0 Å². The molecule has 0 fully saturated rings. The molecular formula is C19H25N. The predicted molar refractivity (Wildman–Crippen MR) is 87.0 cm³/mol. The van der Waals surface area contributed by atoms with Crippen LogP contribution in [0.1, 0.15) is 49.1 Å². The average Bonchev–Trinajstić information content (AvgIpc) is 2.37. The fourth-order valence-corrected chi connectivity index (χ4v) is 2.71. The van der Waals surface area contributed by atoms with Gasteiger partial charge in [-0.05, 0) is 35.4 Å². The quantitative estimate of drug-likeness (QED) is 0.868. The Morgan fingerprint density at radius 1 is 1.00 bits per heavy atom. The van der Waals surface area contributed by atoms with E-state index in [9.17, 15) is 0 Å². The molecule has 0 aliphatic rings. The number of nitrogens with two attached hydrogens (primary N) is 1. The zero-order valence-corrected chi connectivity index (χ0v) is 13.0. The van der Waals surface area contributed by atoms with E-state index in [2.05, 4.69) is 76.2 Å². The summed E-state index contributed by atoms with van der Waals surface area (Å²) in [5, 5.41) is 0. The predicted octanol–water partition coefficient (Wildman–Crippen LogP) is 4.54. The molecule has 0 saturated heterocycles. The van der Waals surface area contributed by atoms with Gasteiger partial charge in [-0.1, -0.05) is 74.9 Å². The minimum atomic E-state index is 0.0484. The lowest BCUT2D eigenvalue weighted by molar-refractivity contribution is 0.568. The standard InChI is InChI=1S/C19H25N/c1-14-8-7-9-15(12-14)13-18(20)16-10-5-6-11-17(16)19(2,3)4/h5-12,18H,13,20H2,1-4H3. The van der Waals surface area contributed by atoms with Crippen molar-refractivity contribution < 1.29 is 0 Å². The van der Waals surface area contributed by atoms with Gasteiger partial charge in [0.2, 0.25) is 0 Å². The van der Waals surface area contributed by atoms with Gasteiger partial charge in [0.1, 0.15) is 0 Å². The smallest absolute Gasteiger partial charge is 0.0338 e. The molecule has 2 rings (SSSR count). The Bertz CT molecular complexity index is 578. The van der Waals surface area contributed by atoms with Gasteiger partial charge in [-0.3, -0.25) is 0 Å². The summed E-state index contributed by atoms with van der Waals surface area (Å²) in [6, 6.07) is 17.2. The van der Waals surface area contributed by atoms with E-state index in [4.69, 9.17) is 5.73 Å². The maximum absolute atomic E-state index is 6.47. The summed E-state index contributed by atoms with van der Waals surface area (Å²) in [7, 11) is 0. The highest BCUT2D eigenvalue weighted by molar-refractivity contribution is 5.36. The summed E-state index contributed by atoms with van der Waals surface area (Å²) in [5.74, 6) is 0. The van der Waals surface area contributed by atoms with Crippen LogP contribution in [0.3, 0.4) is 0 Å². The van der Waals surface area contributed by atoms with Gasteiger partial charge in [0.15, 0.2) is 0 Å². The molecule has 0 bridgehead atoms. The molecule has 0 amide bonds. The highest BCUT2D eigenvalue weighted by atomic mass is 14.6. The lowest BCUT2D eigenvalue weighted by atomic mass is 9.81. The molecule has 2 aromatic rings. The molecule has 1 unspecified atom stereocenters. The number of hydrogen-bond donors (Lipinski definition) is 1. The molecule has 20 heavy (non-hydrogen) atoms. The zero-order chi connectivity index (χ0) is 14.8. The van der Waals surface area contributed by atoms with Crippen molar-refractivity contribution in [3.63, 3.8) is 0 Å². The SMILES string of the molecule is Cc1cccc(CC(N)c2ccccc2C(C)(C)C)c1. The first-order valence-corrected chi connectivity index (χ1v) is 7.28. The van der Waals surface area contributed by atoms with E-state index in [1.165, 1.54) is 22.3 Å². The molecule has 0 heterocycles. The minimum Gasteiger partial charge on any atom is -0.324 e. The molecule has 0 aliphatic carbocycles. The van der Waals surface area contributed by atoms with Crippen LogP contribution in [0.2, 0.25) is 0 Å². The number of benzene rings is 2. The van der Waals surface area contributed by atoms with Gasteiger partial charge < -0.3 is 5.73 Å². The summed E-state index contributed by atoms with van der Waals surface area (Å²) in [5.41, 5.74) is 11.8. The molecule has 2 N–H and O–H groups in total. The number of hydrogen-bond acceptors (Lipinski definition) is 1. The molecule has 1 heteroatoms. The Kier molecular flexibility index (Phi) is 4.29. The molecule has 1 atom stereocenters. The molecular weight excluding hydrogens is 242 g/mol. The first-order chi connectivity index (χ1) is 9.38. The Morgan fingerprint density at radius 2 is 1.70 bits per heavy atom. The second kappa shape index (κ2) is 5.80. The first-order valence-electron chi connectivity index (χ1n) is 7.28. The second-order valence-electron chi connectivity index (χ2n) is 6.64. The monoisotopic (exact) mass is 267 g/mol. The van der Waals surface area contributed by atoms with Crippen LogP contribution in [0.5, 0.6) is 0 Å². The van der Waals surface area contributed by atoms with Gasteiger partial charge in [-0.25, -0.2) is 0 Å². The highest BCUT2D eigenvalue weighted by Crippen LogP contribution is 2.30. The third kappa shape index (κ3) is 3.49. The molecule has 0 aromatic heterocycles. The molecule has 1 nitrogen and oxygen atoms in total. The maximum atomic E-state index is 6.47. The lowest BCUT2D eigenvalue weighted by Crippen LogP contribution is -2.21. The average molecular weight is 267 g/mol. The molecule has 0 saturated carbocycles. The van der Waals surface area contributed by atoms with Crippen molar-refractivity contribution in [1.82, 2.24) is 0 Å². The van der Waals surface area contributed by atoms with Gasteiger partial charge in [0.05, 0.1) is 0 Å². The number of aryl methyl sites for hydroxylation is 1. The largest absolute Gasteiger partial charge is 0.324 e. The van der Waals surface area contributed by atoms with Crippen LogP contribution in [0, 0.1) is 6.92 Å². The topological polar surface area (TPSA) is 26.0 Å². The molecule has 2 aromatic carbocycles. The molecule has 0 aliphatic heterocycles. The number of rotatable bonds is 3. The van der Waals surface area contributed by atoms with Gasteiger partial charge in [-0.15, -0.1) is 0 Å². The zero-order valence-electron chi connectivity index (χ0n) is 13.0. The van der Waals surface area contributed by atoms with Crippen molar-refractivity contribution in [1.29, 1.82) is 0 Å². The van der Waals surface area contributed by atoms with Crippen LogP contribution in [-0.4, -0.2) is 0 Å². The van der Waals surface area contributed by atoms with E-state index in [-0.39, 0.29) is 11.5 Å². The summed E-state index contributed by atoms with van der Waals surface area (Å²) in [6.45, 7) is 8.85. The maximum Gasteiger partial charge on any atom is 0.0338 e. The van der Waals surface area contributed by atoms with Crippen LogP contribution >= 0.6 is 0 Å². The van der Waals surface area contributed by atoms with Crippen LogP contribution in [0.25, 0.3) is 0 Å². The Labute approximate surface area is 122 Å². The summed E-state index contributed by atoms with van der Waals surface area (Å²) in [6.07, 6.45) is 0.884. The van der Waals surface area contributed by atoms with Crippen LogP contribution in [0.15, 0.2) is 48.5 Å². The van der Waals surface area contributed by atoms with Gasteiger partial charge in [-0.2, -0.15) is 0 Å². The molecule has 0 spiro atoms. The second-order valence-corrected chi connectivity index (χ2v) is 6.64. The molecule has 106 valence electrons. The normalized spacial score (nSPS) is 13.2. The van der Waals surface area contributed by atoms with Gasteiger partial charge in [0, 0.05) is 6.04 Å². The van der Waals surface area contributed by atoms with Crippen LogP contribution in [-0.2, 0) is 11.8 Å². The summed E-state index contributed by atoms with van der Waals surface area (Å²) >= 11 is 0. The van der Waals surface area contributed by atoms with Crippen molar-refractivity contribution in [3.05, 3.63) is 70.8 Å². The Hall–Kier alpha value is -1.60. The summed E-state index contributed by atoms with van der Waals surface area (Å²) in [4.78, 5) is 0. The van der Waals surface area contributed by atoms with Gasteiger partial charge in [0.25, 0.3) is 0 Å². The highest BCUT2D eigenvalue weighted by Gasteiger charge is 2.20. The fraction of sp³-hybridized carbons (Fsp3) is 0.368. The van der Waals surface area contributed by atoms with E-state index in [1.807, 2.05) is 0 Å². The van der Waals surface area contributed by atoms with Crippen LogP contribution in [0.4, 0.5) is 0 Å². The van der Waals surface area contributed by atoms with E-state index in [0.717, 1.165) is 6.42 Å². The summed E-state index contributed by atoms with van der Waals surface area (Å²) < 4.78 is 0. The Morgan fingerprint density at radius 3 is 2.35 bits per heavy atom. The van der Waals surface area contributed by atoms with Crippen molar-refractivity contribution in [2.75, 3.05) is 0 Å². The first kappa shape index (κ1) is 14.8. The lowest BCUT2D eigenvalue weighted by Gasteiger charge is -2.26. The van der Waals surface area contributed by atoms with E-state index >= 15 is 0 Å². The molecule has 0 radical (unpaired) electrons.